The number of hydrogen-bond acceptors (Lipinski definition) is 3. The summed E-state index contributed by atoms with van der Waals surface area (Å²) in [6.07, 6.45) is 2.52. The number of nitrogens with two attached hydrogens (primary N) is 1. The third-order valence-electron chi connectivity index (χ3n) is 3.57. The number of likely N-dealkylation sites (N-methyl/N-ethyl adjacent to an activating group) is 1. The quantitative estimate of drug-likeness (QED) is 0.862. The van der Waals surface area contributed by atoms with Gasteiger partial charge >= 0.3 is 0 Å². The van der Waals surface area contributed by atoms with Gasteiger partial charge in [0.25, 0.3) is 0 Å². The molecule has 0 spiro atoms. The molecule has 2 N–H and O–H groups in total. The van der Waals surface area contributed by atoms with Gasteiger partial charge in [-0.25, -0.2) is 0 Å². The van der Waals surface area contributed by atoms with Crippen LogP contribution in [0.15, 0.2) is 18.2 Å². The van der Waals surface area contributed by atoms with Crippen LogP contribution < -0.4 is 10.5 Å². The Balaban J connectivity index is 2.36. The van der Waals surface area contributed by atoms with E-state index in [1.165, 1.54) is 12.8 Å². The van der Waals surface area contributed by atoms with Gasteiger partial charge in [0.05, 0.1) is 13.2 Å². The van der Waals surface area contributed by atoms with Crippen molar-refractivity contribution in [3.63, 3.8) is 0 Å². The number of ether oxygens (including phenoxy) is 1. The summed E-state index contributed by atoms with van der Waals surface area (Å²) in [4.78, 5) is 2.43. The summed E-state index contributed by atoms with van der Waals surface area (Å²) in [5.41, 5.74) is 7.01. The van der Waals surface area contributed by atoms with Crippen LogP contribution in [0.5, 0.6) is 5.75 Å². The fourth-order valence-electron chi connectivity index (χ4n) is 2.58. The van der Waals surface area contributed by atoms with Crippen molar-refractivity contribution in [1.29, 1.82) is 0 Å². The predicted molar refractivity (Wildman–Crippen MR) is 75.2 cm³/mol. The van der Waals surface area contributed by atoms with Crippen LogP contribution in [-0.2, 0) is 0 Å². The van der Waals surface area contributed by atoms with Crippen LogP contribution in [0.25, 0.3) is 0 Å². The molecule has 0 heterocycles. The van der Waals surface area contributed by atoms with E-state index in [0.717, 1.165) is 22.9 Å². The number of methoxy groups -OCH3 is 1. The highest BCUT2D eigenvalue weighted by Gasteiger charge is 2.34. The molecule has 0 saturated heterocycles. The van der Waals surface area contributed by atoms with Crippen LogP contribution in [0.4, 0.5) is 0 Å². The third-order valence-corrected chi connectivity index (χ3v) is 3.90. The first-order valence-corrected chi connectivity index (χ1v) is 6.88. The lowest BCUT2D eigenvalue weighted by atomic mass is 10.0. The Morgan fingerprint density at radius 1 is 1.50 bits per heavy atom. The molecule has 4 heteroatoms. The van der Waals surface area contributed by atoms with E-state index in [2.05, 4.69) is 11.8 Å². The molecule has 100 valence electrons. The maximum absolute atomic E-state index is 6.35. The van der Waals surface area contributed by atoms with Crippen LogP contribution in [0.2, 0.25) is 5.02 Å². The molecule has 3 nitrogen and oxygen atoms in total. The zero-order chi connectivity index (χ0) is 13.1. The van der Waals surface area contributed by atoms with Gasteiger partial charge in [-0.05, 0) is 31.5 Å². The minimum absolute atomic E-state index is 0.145. The Morgan fingerprint density at radius 2 is 2.22 bits per heavy atom. The second-order valence-electron chi connectivity index (χ2n) is 4.67. The van der Waals surface area contributed by atoms with Gasteiger partial charge in [-0.2, -0.15) is 0 Å². The molecular weight excluding hydrogens is 248 g/mol. The van der Waals surface area contributed by atoms with Crippen LogP contribution in [0, 0.1) is 0 Å². The molecule has 1 aromatic carbocycles. The molecule has 1 aliphatic rings. The Labute approximate surface area is 114 Å². The summed E-state index contributed by atoms with van der Waals surface area (Å²) < 4.78 is 5.44. The van der Waals surface area contributed by atoms with Gasteiger partial charge in [0.1, 0.15) is 5.75 Å². The number of benzene rings is 1. The SMILES string of the molecule is CCN(C1CC1)C(CN)c1c(Cl)cccc1OC. The third kappa shape index (κ3) is 2.63. The smallest absolute Gasteiger partial charge is 0.125 e. The minimum Gasteiger partial charge on any atom is -0.496 e. The largest absolute Gasteiger partial charge is 0.496 e. The van der Waals surface area contributed by atoms with Crippen molar-refractivity contribution in [3.8, 4) is 5.75 Å². The molecule has 1 saturated carbocycles. The highest BCUT2D eigenvalue weighted by Crippen LogP contribution is 2.39. The van der Waals surface area contributed by atoms with Crippen LogP contribution in [0.1, 0.15) is 31.4 Å². The number of rotatable bonds is 6. The van der Waals surface area contributed by atoms with Crippen molar-refractivity contribution in [2.45, 2.75) is 31.8 Å². The zero-order valence-corrected chi connectivity index (χ0v) is 11.8. The Kier molecular flexibility index (Phi) is 4.49. The van der Waals surface area contributed by atoms with E-state index in [-0.39, 0.29) is 6.04 Å². The van der Waals surface area contributed by atoms with E-state index in [1.54, 1.807) is 7.11 Å². The van der Waals surface area contributed by atoms with Gasteiger partial charge in [0.15, 0.2) is 0 Å². The molecule has 0 aliphatic heterocycles. The summed E-state index contributed by atoms with van der Waals surface area (Å²) in [5.74, 6) is 0.831. The van der Waals surface area contributed by atoms with E-state index in [1.807, 2.05) is 18.2 Å². The molecule has 0 bridgehead atoms. The number of halogens is 1. The van der Waals surface area contributed by atoms with Crippen LogP contribution >= 0.6 is 11.6 Å². The first-order valence-electron chi connectivity index (χ1n) is 6.51. The van der Waals surface area contributed by atoms with Crippen molar-refractivity contribution < 1.29 is 4.74 Å². The van der Waals surface area contributed by atoms with Gasteiger partial charge < -0.3 is 10.5 Å². The number of hydrogen-bond donors (Lipinski definition) is 1. The molecule has 0 radical (unpaired) electrons. The summed E-state index contributed by atoms with van der Waals surface area (Å²) >= 11 is 6.35. The van der Waals surface area contributed by atoms with E-state index in [9.17, 15) is 0 Å². The molecule has 1 aromatic rings. The lowest BCUT2D eigenvalue weighted by Gasteiger charge is -2.31. The molecule has 1 aliphatic carbocycles. The summed E-state index contributed by atoms with van der Waals surface area (Å²) in [6, 6.07) is 6.56. The number of nitrogens with zero attached hydrogens (tertiary/aromatic N) is 1. The fourth-order valence-corrected chi connectivity index (χ4v) is 2.87. The van der Waals surface area contributed by atoms with Gasteiger partial charge in [-0.15, -0.1) is 0 Å². The molecule has 1 atom stereocenters. The average Bonchev–Trinajstić information content (AvgIpc) is 3.20. The van der Waals surface area contributed by atoms with E-state index in [0.29, 0.717) is 12.6 Å². The topological polar surface area (TPSA) is 38.5 Å². The highest BCUT2D eigenvalue weighted by molar-refractivity contribution is 6.31. The normalized spacial score (nSPS) is 16.9. The van der Waals surface area contributed by atoms with E-state index < -0.39 is 0 Å². The molecule has 2 rings (SSSR count). The lowest BCUT2D eigenvalue weighted by molar-refractivity contribution is 0.198. The second-order valence-corrected chi connectivity index (χ2v) is 5.08. The molecular formula is C14H21ClN2O. The molecule has 0 aromatic heterocycles. The molecule has 1 fully saturated rings. The van der Waals surface area contributed by atoms with Crippen molar-refractivity contribution in [2.75, 3.05) is 20.2 Å². The predicted octanol–water partition coefficient (Wildman–Crippen LogP) is 2.83. The first kappa shape index (κ1) is 13.7. The molecule has 18 heavy (non-hydrogen) atoms. The maximum Gasteiger partial charge on any atom is 0.125 e. The second kappa shape index (κ2) is 5.91. The summed E-state index contributed by atoms with van der Waals surface area (Å²) in [5, 5.41) is 0.740. The Morgan fingerprint density at radius 3 is 2.72 bits per heavy atom. The summed E-state index contributed by atoms with van der Waals surface area (Å²) in [6.45, 7) is 3.72. The van der Waals surface area contributed by atoms with Crippen molar-refractivity contribution in [2.24, 2.45) is 5.73 Å². The Bertz CT molecular complexity index is 407. The van der Waals surface area contributed by atoms with Gasteiger partial charge in [-0.3, -0.25) is 4.90 Å². The summed E-state index contributed by atoms with van der Waals surface area (Å²) in [7, 11) is 1.68. The van der Waals surface area contributed by atoms with Crippen LogP contribution in [-0.4, -0.2) is 31.1 Å². The lowest BCUT2D eigenvalue weighted by Crippen LogP contribution is -2.35. The fraction of sp³-hybridized carbons (Fsp3) is 0.571. The van der Waals surface area contributed by atoms with Crippen LogP contribution in [0.3, 0.4) is 0 Å². The van der Waals surface area contributed by atoms with Gasteiger partial charge in [0, 0.05) is 23.2 Å². The monoisotopic (exact) mass is 268 g/mol. The van der Waals surface area contributed by atoms with Gasteiger partial charge in [-0.1, -0.05) is 24.6 Å². The van der Waals surface area contributed by atoms with Crippen molar-refractivity contribution >= 4 is 11.6 Å². The average molecular weight is 269 g/mol. The standard InChI is InChI=1S/C14H21ClN2O/c1-3-17(10-7-8-10)12(9-16)14-11(15)5-4-6-13(14)18-2/h4-6,10,12H,3,7-9,16H2,1-2H3. The van der Waals surface area contributed by atoms with Gasteiger partial charge in [0.2, 0.25) is 0 Å². The van der Waals surface area contributed by atoms with E-state index in [4.69, 9.17) is 22.1 Å². The minimum atomic E-state index is 0.145. The molecule has 1 unspecified atom stereocenters. The zero-order valence-electron chi connectivity index (χ0n) is 11.0. The Hall–Kier alpha value is -0.770. The first-order chi connectivity index (χ1) is 8.72. The van der Waals surface area contributed by atoms with Crippen molar-refractivity contribution in [3.05, 3.63) is 28.8 Å². The highest BCUT2D eigenvalue weighted by atomic mass is 35.5. The van der Waals surface area contributed by atoms with E-state index >= 15 is 0 Å². The maximum atomic E-state index is 6.35. The van der Waals surface area contributed by atoms with Crippen molar-refractivity contribution in [1.82, 2.24) is 4.90 Å². The molecule has 0 amide bonds.